The van der Waals surface area contributed by atoms with Crippen molar-refractivity contribution in [3.05, 3.63) is 0 Å². The predicted molar refractivity (Wildman–Crippen MR) is 310 cm³/mol. The van der Waals surface area contributed by atoms with Crippen LogP contribution >= 0.6 is 0 Å². The second-order valence-corrected chi connectivity index (χ2v) is 23.9. The van der Waals surface area contributed by atoms with Crippen LogP contribution in [0, 0.1) is 0 Å². The number of hydrogen-bond acceptors (Lipinski definition) is 20. The molecule has 0 spiro atoms. The zero-order valence-corrected chi connectivity index (χ0v) is 50.8. The van der Waals surface area contributed by atoms with Gasteiger partial charge in [-0.1, -0.05) is 213 Å². The van der Waals surface area contributed by atoms with Crippen LogP contribution in [0.5, 0.6) is 0 Å². The Kier molecular flexibility index (Phi) is 40.6. The van der Waals surface area contributed by atoms with Crippen LogP contribution in [0.15, 0.2) is 0 Å². The first-order valence-electron chi connectivity index (χ1n) is 32.5. The molecule has 83 heavy (non-hydrogen) atoms. The molecule has 0 saturated carbocycles. The van der Waals surface area contributed by atoms with E-state index >= 15 is 0 Å². The van der Waals surface area contributed by atoms with Gasteiger partial charge in [0.2, 0.25) is 11.8 Å². The number of amides is 2. The number of hydrogen-bond donors (Lipinski definition) is 14. The second kappa shape index (κ2) is 44.6. The van der Waals surface area contributed by atoms with Gasteiger partial charge in [-0.2, -0.15) is 0 Å². The minimum Gasteiger partial charge on any atom is -0.394 e. The molecule has 3 saturated heterocycles. The SMILES string of the molecule is CCCCCCCCCCCCCCCCCCCCCCC(O)C(=O)NC(COC1OC(COC2OC(CO)C(O)C(O)C2NC(C)=O)C(O)C(O)C1OC1OC(CO)C(O)C(O)C1O)C(O)C(O)CCCCCCCCCCCCC. The van der Waals surface area contributed by atoms with Crippen LogP contribution in [-0.4, -0.2) is 216 Å². The fourth-order valence-corrected chi connectivity index (χ4v) is 11.3. The lowest BCUT2D eigenvalue weighted by Crippen LogP contribution is -2.66. The Balaban J connectivity index is 1.67. The standard InChI is InChI=1S/C61H116N2O20/c1-4-6-8-10-12-14-16-17-18-19-20-21-22-23-24-26-28-30-32-34-36-44(68)58(77)63-42(49(69)43(67)35-33-31-29-27-25-15-13-11-9-7-5-2)39-78-61-57(83-60-56(76)54(74)51(71)46(38-65)81-60)55(75)52(72)47(82-61)40-79-59-48(62-41(3)66)53(73)50(70)45(37-64)80-59/h42-57,59-61,64-65,67-76H,4-40H2,1-3H3,(H,62,66)(H,63,77). The van der Waals surface area contributed by atoms with Crippen molar-refractivity contribution in [2.45, 2.75) is 349 Å². The summed E-state index contributed by atoms with van der Waals surface area (Å²) in [5.74, 6) is -1.48. The van der Waals surface area contributed by atoms with Crippen LogP contribution in [0.4, 0.5) is 0 Å². The maximum atomic E-state index is 13.7. The highest BCUT2D eigenvalue weighted by Crippen LogP contribution is 2.32. The topological polar surface area (TPSA) is 356 Å². The molecule has 14 N–H and O–H groups in total. The number of ether oxygens (including phenoxy) is 6. The van der Waals surface area contributed by atoms with Crippen molar-refractivity contribution in [1.29, 1.82) is 0 Å². The van der Waals surface area contributed by atoms with Gasteiger partial charge in [0.15, 0.2) is 18.9 Å². The van der Waals surface area contributed by atoms with E-state index in [-0.39, 0.29) is 12.8 Å². The zero-order chi connectivity index (χ0) is 60.9. The Morgan fingerprint density at radius 1 is 0.458 bits per heavy atom. The van der Waals surface area contributed by atoms with E-state index in [0.29, 0.717) is 12.8 Å². The summed E-state index contributed by atoms with van der Waals surface area (Å²) in [6, 6.07) is -2.82. The van der Waals surface area contributed by atoms with Gasteiger partial charge >= 0.3 is 0 Å². The van der Waals surface area contributed by atoms with Crippen molar-refractivity contribution < 1.29 is 99.3 Å². The largest absolute Gasteiger partial charge is 0.394 e. The lowest BCUT2D eigenvalue weighted by molar-refractivity contribution is -0.371. The van der Waals surface area contributed by atoms with Crippen LogP contribution in [-0.2, 0) is 38.0 Å². The summed E-state index contributed by atoms with van der Waals surface area (Å²) >= 11 is 0. The fourth-order valence-electron chi connectivity index (χ4n) is 11.3. The molecular formula is C61H116N2O20. The first-order chi connectivity index (χ1) is 40.0. The van der Waals surface area contributed by atoms with Crippen LogP contribution in [0.3, 0.4) is 0 Å². The Hall–Kier alpha value is -1.78. The molecular weight excluding hydrogens is 1080 g/mol. The number of carbonyl (C=O) groups is 2. The number of aliphatic hydroxyl groups is 12. The third-order valence-corrected chi connectivity index (χ3v) is 16.8. The molecule has 0 aromatic heterocycles. The van der Waals surface area contributed by atoms with E-state index in [9.17, 15) is 70.9 Å². The summed E-state index contributed by atoms with van der Waals surface area (Å²) in [4.78, 5) is 25.8. The Morgan fingerprint density at radius 3 is 1.30 bits per heavy atom. The Morgan fingerprint density at radius 2 is 0.855 bits per heavy atom. The molecule has 0 aliphatic carbocycles. The molecule has 3 heterocycles. The van der Waals surface area contributed by atoms with E-state index < -0.39 is 155 Å². The van der Waals surface area contributed by atoms with Gasteiger partial charge in [-0.15, -0.1) is 0 Å². The molecule has 3 rings (SSSR count). The Labute approximate surface area is 495 Å². The first-order valence-corrected chi connectivity index (χ1v) is 32.5. The Bertz CT molecular complexity index is 1630. The van der Waals surface area contributed by atoms with Crippen molar-refractivity contribution in [1.82, 2.24) is 10.6 Å². The highest BCUT2D eigenvalue weighted by Gasteiger charge is 2.52. The molecule has 0 bridgehead atoms. The second-order valence-electron chi connectivity index (χ2n) is 23.9. The molecule has 22 nitrogen and oxygen atoms in total. The van der Waals surface area contributed by atoms with E-state index in [1.807, 2.05) is 0 Å². The molecule has 3 fully saturated rings. The van der Waals surface area contributed by atoms with Crippen molar-refractivity contribution in [3.8, 4) is 0 Å². The predicted octanol–water partition coefficient (Wildman–Crippen LogP) is 4.08. The summed E-state index contributed by atoms with van der Waals surface area (Å²) in [6.07, 6.45) is 7.32. The number of aliphatic hydroxyl groups excluding tert-OH is 12. The molecule has 0 aromatic rings. The third kappa shape index (κ3) is 28.5. The minimum absolute atomic E-state index is 0.130. The van der Waals surface area contributed by atoms with Crippen LogP contribution in [0.2, 0.25) is 0 Å². The highest BCUT2D eigenvalue weighted by atomic mass is 16.8. The van der Waals surface area contributed by atoms with Crippen molar-refractivity contribution in [2.75, 3.05) is 26.4 Å². The molecule has 3 aliphatic rings. The maximum Gasteiger partial charge on any atom is 0.249 e. The highest BCUT2D eigenvalue weighted by molar-refractivity contribution is 5.80. The van der Waals surface area contributed by atoms with Crippen molar-refractivity contribution in [2.24, 2.45) is 0 Å². The quantitative estimate of drug-likeness (QED) is 0.0382. The first kappa shape index (κ1) is 75.5. The van der Waals surface area contributed by atoms with E-state index in [1.165, 1.54) is 128 Å². The average Bonchev–Trinajstić information content (AvgIpc) is 3.56. The fraction of sp³-hybridized carbons (Fsp3) is 0.967. The van der Waals surface area contributed by atoms with E-state index in [0.717, 1.165) is 64.7 Å². The van der Waals surface area contributed by atoms with Crippen LogP contribution in [0.25, 0.3) is 0 Å². The summed E-state index contributed by atoms with van der Waals surface area (Å²) < 4.78 is 35.2. The smallest absolute Gasteiger partial charge is 0.249 e. The van der Waals surface area contributed by atoms with E-state index in [1.54, 1.807) is 0 Å². The summed E-state index contributed by atoms with van der Waals surface area (Å²) in [7, 11) is 0. The van der Waals surface area contributed by atoms with Gasteiger partial charge < -0.3 is 100 Å². The van der Waals surface area contributed by atoms with Gasteiger partial charge in [0.1, 0.15) is 85.4 Å². The van der Waals surface area contributed by atoms with E-state index in [4.69, 9.17) is 28.4 Å². The average molecular weight is 1200 g/mol. The summed E-state index contributed by atoms with van der Waals surface area (Å²) in [6.45, 7) is 2.65. The molecule has 0 radical (unpaired) electrons. The van der Waals surface area contributed by atoms with Crippen molar-refractivity contribution >= 4 is 11.8 Å². The molecule has 3 aliphatic heterocycles. The summed E-state index contributed by atoms with van der Waals surface area (Å²) in [5, 5.41) is 135. The molecule has 22 heteroatoms. The van der Waals surface area contributed by atoms with Crippen LogP contribution in [0.1, 0.15) is 233 Å². The maximum absolute atomic E-state index is 13.7. The number of unbranched alkanes of at least 4 members (excludes halogenated alkanes) is 29. The number of rotatable bonds is 48. The molecule has 19 unspecified atom stereocenters. The van der Waals surface area contributed by atoms with Gasteiger partial charge in [0, 0.05) is 6.92 Å². The molecule has 19 atom stereocenters. The molecule has 0 aromatic carbocycles. The lowest BCUT2D eigenvalue weighted by Gasteiger charge is -2.47. The third-order valence-electron chi connectivity index (χ3n) is 16.8. The monoisotopic (exact) mass is 1200 g/mol. The van der Waals surface area contributed by atoms with Gasteiger partial charge in [0.05, 0.1) is 38.6 Å². The van der Waals surface area contributed by atoms with Gasteiger partial charge in [0.25, 0.3) is 0 Å². The van der Waals surface area contributed by atoms with Crippen molar-refractivity contribution in [3.63, 3.8) is 0 Å². The number of nitrogens with one attached hydrogen (secondary N) is 2. The molecule has 490 valence electrons. The number of carbonyl (C=O) groups excluding carboxylic acids is 2. The van der Waals surface area contributed by atoms with E-state index in [2.05, 4.69) is 24.5 Å². The normalized spacial score (nSPS) is 30.0. The zero-order valence-electron chi connectivity index (χ0n) is 50.8. The molecule has 2 amide bonds. The van der Waals surface area contributed by atoms with Gasteiger partial charge in [-0.3, -0.25) is 9.59 Å². The van der Waals surface area contributed by atoms with Gasteiger partial charge in [-0.25, -0.2) is 0 Å². The lowest BCUT2D eigenvalue weighted by atomic mass is 9.96. The minimum atomic E-state index is -2.01. The summed E-state index contributed by atoms with van der Waals surface area (Å²) in [5.41, 5.74) is 0. The van der Waals surface area contributed by atoms with Gasteiger partial charge in [-0.05, 0) is 12.8 Å². The van der Waals surface area contributed by atoms with Crippen LogP contribution < -0.4 is 10.6 Å².